The lowest BCUT2D eigenvalue weighted by molar-refractivity contribution is 0.773. The standard InChI is InChI=1S/C14H15Cl2N3/c1-8(2)13-18-12(16)9(3)14(19-13)17-11-6-4-5-10(15)7-11/h4-8H,1-3H3,(H,17,18,19). The molecular weight excluding hydrogens is 281 g/mol. The Kier molecular flexibility index (Phi) is 4.27. The largest absolute Gasteiger partial charge is 0.340 e. The summed E-state index contributed by atoms with van der Waals surface area (Å²) in [6.07, 6.45) is 0. The fourth-order valence-electron chi connectivity index (χ4n) is 1.59. The number of halogens is 2. The smallest absolute Gasteiger partial charge is 0.138 e. The van der Waals surface area contributed by atoms with Crippen molar-refractivity contribution in [2.45, 2.75) is 26.7 Å². The van der Waals surface area contributed by atoms with E-state index in [1.807, 2.05) is 45.0 Å². The van der Waals surface area contributed by atoms with Crippen LogP contribution in [-0.2, 0) is 0 Å². The van der Waals surface area contributed by atoms with Crippen molar-refractivity contribution in [1.82, 2.24) is 9.97 Å². The minimum atomic E-state index is 0.220. The summed E-state index contributed by atoms with van der Waals surface area (Å²) in [5.41, 5.74) is 1.70. The van der Waals surface area contributed by atoms with Crippen LogP contribution in [0.2, 0.25) is 10.2 Å². The minimum absolute atomic E-state index is 0.220. The molecule has 19 heavy (non-hydrogen) atoms. The Hall–Kier alpha value is -1.32. The maximum absolute atomic E-state index is 6.14. The Balaban J connectivity index is 2.39. The van der Waals surface area contributed by atoms with Gasteiger partial charge in [-0.05, 0) is 25.1 Å². The van der Waals surface area contributed by atoms with Crippen LogP contribution < -0.4 is 5.32 Å². The van der Waals surface area contributed by atoms with Crippen molar-refractivity contribution in [3.63, 3.8) is 0 Å². The van der Waals surface area contributed by atoms with E-state index in [2.05, 4.69) is 15.3 Å². The van der Waals surface area contributed by atoms with Crippen molar-refractivity contribution in [3.8, 4) is 0 Å². The molecule has 0 spiro atoms. The number of hydrogen-bond donors (Lipinski definition) is 1. The van der Waals surface area contributed by atoms with Crippen molar-refractivity contribution in [2.24, 2.45) is 0 Å². The van der Waals surface area contributed by atoms with E-state index < -0.39 is 0 Å². The Bertz CT molecular complexity index is 597. The number of anilines is 2. The fourth-order valence-corrected chi connectivity index (χ4v) is 1.95. The summed E-state index contributed by atoms with van der Waals surface area (Å²) in [4.78, 5) is 8.79. The van der Waals surface area contributed by atoms with Crippen LogP contribution in [0.25, 0.3) is 0 Å². The van der Waals surface area contributed by atoms with Gasteiger partial charge in [0.15, 0.2) is 0 Å². The van der Waals surface area contributed by atoms with Crippen LogP contribution in [-0.4, -0.2) is 9.97 Å². The molecule has 1 heterocycles. The van der Waals surface area contributed by atoms with E-state index in [4.69, 9.17) is 23.2 Å². The third kappa shape index (κ3) is 3.37. The molecule has 0 aliphatic rings. The second-order valence-electron chi connectivity index (χ2n) is 4.64. The van der Waals surface area contributed by atoms with E-state index in [0.29, 0.717) is 16.0 Å². The molecule has 0 saturated carbocycles. The van der Waals surface area contributed by atoms with Gasteiger partial charge in [0.2, 0.25) is 0 Å². The predicted molar refractivity (Wildman–Crippen MR) is 80.6 cm³/mol. The fraction of sp³-hybridized carbons (Fsp3) is 0.286. The van der Waals surface area contributed by atoms with Gasteiger partial charge in [-0.1, -0.05) is 43.1 Å². The molecule has 3 nitrogen and oxygen atoms in total. The van der Waals surface area contributed by atoms with Crippen LogP contribution in [0, 0.1) is 6.92 Å². The average molecular weight is 296 g/mol. The first-order valence-electron chi connectivity index (χ1n) is 6.04. The molecule has 2 aromatic rings. The summed E-state index contributed by atoms with van der Waals surface area (Å²) < 4.78 is 0. The third-order valence-electron chi connectivity index (χ3n) is 2.71. The lowest BCUT2D eigenvalue weighted by atomic mass is 10.2. The second kappa shape index (κ2) is 5.76. The Morgan fingerprint density at radius 3 is 2.53 bits per heavy atom. The van der Waals surface area contributed by atoms with Crippen molar-refractivity contribution in [2.75, 3.05) is 5.32 Å². The summed E-state index contributed by atoms with van der Waals surface area (Å²) in [6, 6.07) is 7.47. The van der Waals surface area contributed by atoms with Gasteiger partial charge in [-0.2, -0.15) is 0 Å². The highest BCUT2D eigenvalue weighted by Gasteiger charge is 2.12. The second-order valence-corrected chi connectivity index (χ2v) is 5.43. The molecule has 1 aromatic carbocycles. The molecular formula is C14H15Cl2N3. The zero-order valence-electron chi connectivity index (χ0n) is 11.0. The van der Waals surface area contributed by atoms with Gasteiger partial charge in [0.1, 0.15) is 16.8 Å². The number of aromatic nitrogens is 2. The van der Waals surface area contributed by atoms with Gasteiger partial charge in [0.05, 0.1) is 0 Å². The van der Waals surface area contributed by atoms with Gasteiger partial charge in [-0.3, -0.25) is 0 Å². The van der Waals surface area contributed by atoms with Crippen LogP contribution in [0.4, 0.5) is 11.5 Å². The minimum Gasteiger partial charge on any atom is -0.340 e. The summed E-state index contributed by atoms with van der Waals surface area (Å²) in [7, 11) is 0. The van der Waals surface area contributed by atoms with E-state index in [9.17, 15) is 0 Å². The number of nitrogens with one attached hydrogen (secondary N) is 1. The molecule has 0 unspecified atom stereocenters. The highest BCUT2D eigenvalue weighted by atomic mass is 35.5. The number of rotatable bonds is 3. The topological polar surface area (TPSA) is 37.8 Å². The van der Waals surface area contributed by atoms with E-state index in [1.54, 1.807) is 0 Å². The molecule has 0 saturated heterocycles. The number of hydrogen-bond acceptors (Lipinski definition) is 3. The summed E-state index contributed by atoms with van der Waals surface area (Å²) in [6.45, 7) is 5.95. The quantitative estimate of drug-likeness (QED) is 0.813. The van der Waals surface area contributed by atoms with Gasteiger partial charge >= 0.3 is 0 Å². The monoisotopic (exact) mass is 295 g/mol. The van der Waals surface area contributed by atoms with Crippen LogP contribution in [0.1, 0.15) is 31.2 Å². The van der Waals surface area contributed by atoms with Gasteiger partial charge in [-0.25, -0.2) is 9.97 Å². The zero-order valence-corrected chi connectivity index (χ0v) is 12.5. The maximum atomic E-state index is 6.14. The normalized spacial score (nSPS) is 10.8. The molecule has 0 aliphatic heterocycles. The molecule has 100 valence electrons. The first-order chi connectivity index (χ1) is 8.97. The van der Waals surface area contributed by atoms with E-state index in [-0.39, 0.29) is 5.92 Å². The molecule has 1 aromatic heterocycles. The molecule has 5 heteroatoms. The van der Waals surface area contributed by atoms with Crippen molar-refractivity contribution in [1.29, 1.82) is 0 Å². The van der Waals surface area contributed by atoms with Crippen molar-refractivity contribution >= 4 is 34.7 Å². The molecule has 0 aliphatic carbocycles. The highest BCUT2D eigenvalue weighted by molar-refractivity contribution is 6.31. The summed E-state index contributed by atoms with van der Waals surface area (Å²) in [5.74, 6) is 1.66. The molecule has 1 N–H and O–H groups in total. The average Bonchev–Trinajstić information content (AvgIpc) is 2.34. The molecule has 0 amide bonds. The van der Waals surface area contributed by atoms with Gasteiger partial charge in [0, 0.05) is 22.2 Å². The van der Waals surface area contributed by atoms with E-state index >= 15 is 0 Å². The van der Waals surface area contributed by atoms with Gasteiger partial charge in [-0.15, -0.1) is 0 Å². The summed E-state index contributed by atoms with van der Waals surface area (Å²) >= 11 is 12.1. The van der Waals surface area contributed by atoms with Gasteiger partial charge in [0.25, 0.3) is 0 Å². The molecule has 0 fully saturated rings. The Morgan fingerprint density at radius 2 is 1.89 bits per heavy atom. The zero-order chi connectivity index (χ0) is 14.0. The lowest BCUT2D eigenvalue weighted by Gasteiger charge is -2.13. The third-order valence-corrected chi connectivity index (χ3v) is 3.31. The van der Waals surface area contributed by atoms with Crippen LogP contribution in [0.15, 0.2) is 24.3 Å². The number of nitrogens with zero attached hydrogens (tertiary/aromatic N) is 2. The van der Waals surface area contributed by atoms with Crippen LogP contribution >= 0.6 is 23.2 Å². The highest BCUT2D eigenvalue weighted by Crippen LogP contribution is 2.26. The summed E-state index contributed by atoms with van der Waals surface area (Å²) in [5, 5.41) is 4.38. The molecule has 0 bridgehead atoms. The van der Waals surface area contributed by atoms with Gasteiger partial charge < -0.3 is 5.32 Å². The molecule has 0 radical (unpaired) electrons. The Morgan fingerprint density at radius 1 is 1.16 bits per heavy atom. The van der Waals surface area contributed by atoms with E-state index in [0.717, 1.165) is 17.1 Å². The van der Waals surface area contributed by atoms with Crippen LogP contribution in [0.5, 0.6) is 0 Å². The molecule has 0 atom stereocenters. The first-order valence-corrected chi connectivity index (χ1v) is 6.79. The maximum Gasteiger partial charge on any atom is 0.138 e. The Labute approximate surface area is 123 Å². The SMILES string of the molecule is Cc1c(Cl)nc(C(C)C)nc1Nc1cccc(Cl)c1. The van der Waals surface area contributed by atoms with Crippen molar-refractivity contribution in [3.05, 3.63) is 45.8 Å². The first kappa shape index (κ1) is 14.1. The molecule has 2 rings (SSSR count). The van der Waals surface area contributed by atoms with Crippen molar-refractivity contribution < 1.29 is 0 Å². The lowest BCUT2D eigenvalue weighted by Crippen LogP contribution is -2.05. The number of benzene rings is 1. The predicted octanol–water partition coefficient (Wildman–Crippen LogP) is 4.96. The van der Waals surface area contributed by atoms with Crippen LogP contribution in [0.3, 0.4) is 0 Å². The van der Waals surface area contributed by atoms with E-state index in [1.165, 1.54) is 0 Å².